The Bertz CT molecular complexity index is 914. The van der Waals surface area contributed by atoms with Gasteiger partial charge in [-0.2, -0.15) is 0 Å². The summed E-state index contributed by atoms with van der Waals surface area (Å²) >= 11 is 12.5. The second-order valence-corrected chi connectivity index (χ2v) is 6.92. The molecule has 0 aliphatic carbocycles. The third kappa shape index (κ3) is 2.39. The Morgan fingerprint density at radius 3 is 2.83 bits per heavy atom. The van der Waals surface area contributed by atoms with Crippen LogP contribution in [0.25, 0.3) is 22.2 Å². The fourth-order valence-electron chi connectivity index (χ4n) is 3.32. The molecule has 3 nitrogen and oxygen atoms in total. The number of pyridine rings is 1. The molecule has 5 heteroatoms. The third-order valence-corrected chi connectivity index (χ3v) is 4.99. The molecule has 1 atom stereocenters. The number of rotatable bonds is 2. The first-order valence-corrected chi connectivity index (χ1v) is 8.55. The van der Waals surface area contributed by atoms with Crippen LogP contribution >= 0.6 is 23.2 Å². The molecule has 23 heavy (non-hydrogen) atoms. The van der Waals surface area contributed by atoms with Gasteiger partial charge in [0.05, 0.1) is 21.7 Å². The Morgan fingerprint density at radius 2 is 2.09 bits per heavy atom. The van der Waals surface area contributed by atoms with Crippen molar-refractivity contribution >= 4 is 39.9 Å². The molecule has 0 saturated heterocycles. The molecule has 1 unspecified atom stereocenters. The molecule has 3 aromatic rings. The molecule has 2 aromatic heterocycles. The lowest BCUT2D eigenvalue weighted by molar-refractivity contribution is 0.570. The van der Waals surface area contributed by atoms with Gasteiger partial charge >= 0.3 is 0 Å². The van der Waals surface area contributed by atoms with E-state index in [0.717, 1.165) is 46.5 Å². The van der Waals surface area contributed by atoms with Gasteiger partial charge < -0.3 is 9.88 Å². The standard InChI is InChI=1S/C18H17Cl2N3/c1-3-12-8-23-9-14(13-5-4-11(19)7-15(13)20)17-18(23)16(22-12)6-10(2)21-17/h4-7,9,12,22H,3,8H2,1-2H3. The van der Waals surface area contributed by atoms with E-state index in [4.69, 9.17) is 28.2 Å². The van der Waals surface area contributed by atoms with Crippen LogP contribution in [-0.2, 0) is 6.54 Å². The molecule has 1 aliphatic rings. The van der Waals surface area contributed by atoms with E-state index in [1.807, 2.05) is 19.1 Å². The van der Waals surface area contributed by atoms with Crippen LogP contribution in [0.4, 0.5) is 5.69 Å². The van der Waals surface area contributed by atoms with Crippen LogP contribution in [-0.4, -0.2) is 15.6 Å². The minimum atomic E-state index is 0.438. The summed E-state index contributed by atoms with van der Waals surface area (Å²) in [7, 11) is 0. The largest absolute Gasteiger partial charge is 0.379 e. The van der Waals surface area contributed by atoms with Gasteiger partial charge in [-0.15, -0.1) is 0 Å². The van der Waals surface area contributed by atoms with Crippen LogP contribution in [0, 0.1) is 6.92 Å². The maximum absolute atomic E-state index is 6.43. The third-order valence-electron chi connectivity index (χ3n) is 4.44. The number of hydrogen-bond acceptors (Lipinski definition) is 2. The topological polar surface area (TPSA) is 29.9 Å². The highest BCUT2D eigenvalue weighted by molar-refractivity contribution is 6.36. The average Bonchev–Trinajstić information content (AvgIpc) is 2.86. The summed E-state index contributed by atoms with van der Waals surface area (Å²) in [5, 5.41) is 4.92. The van der Waals surface area contributed by atoms with Crippen molar-refractivity contribution < 1.29 is 0 Å². The average molecular weight is 346 g/mol. The Morgan fingerprint density at radius 1 is 1.26 bits per heavy atom. The van der Waals surface area contributed by atoms with Gasteiger partial charge in [0.15, 0.2) is 0 Å². The summed E-state index contributed by atoms with van der Waals surface area (Å²) < 4.78 is 2.29. The molecule has 0 amide bonds. The highest BCUT2D eigenvalue weighted by Gasteiger charge is 2.23. The van der Waals surface area contributed by atoms with Crippen LogP contribution in [0.2, 0.25) is 10.0 Å². The highest BCUT2D eigenvalue weighted by Crippen LogP contribution is 2.39. The number of nitrogens with zero attached hydrogens (tertiary/aromatic N) is 2. The Hall–Kier alpha value is -1.71. The second-order valence-electron chi connectivity index (χ2n) is 6.08. The number of anilines is 1. The van der Waals surface area contributed by atoms with Crippen molar-refractivity contribution in [1.29, 1.82) is 0 Å². The predicted octanol–water partition coefficient (Wildman–Crippen LogP) is 5.52. The fourth-order valence-corrected chi connectivity index (χ4v) is 3.83. The van der Waals surface area contributed by atoms with Crippen LogP contribution in [0.5, 0.6) is 0 Å². The first-order valence-electron chi connectivity index (χ1n) is 7.79. The Kier molecular flexibility index (Phi) is 3.51. The number of benzene rings is 1. The zero-order valence-corrected chi connectivity index (χ0v) is 14.5. The molecular formula is C18H17Cl2N3. The molecule has 1 N–H and O–H groups in total. The molecule has 1 aliphatic heterocycles. The van der Waals surface area contributed by atoms with Crippen molar-refractivity contribution in [3.05, 3.63) is 46.2 Å². The van der Waals surface area contributed by atoms with Crippen LogP contribution < -0.4 is 5.32 Å². The van der Waals surface area contributed by atoms with Gasteiger partial charge in [0.1, 0.15) is 0 Å². The second kappa shape index (κ2) is 5.43. The molecule has 0 spiro atoms. The van der Waals surface area contributed by atoms with Gasteiger partial charge in [-0.3, -0.25) is 4.98 Å². The molecule has 4 rings (SSSR count). The molecule has 0 bridgehead atoms. The summed E-state index contributed by atoms with van der Waals surface area (Å²) in [6, 6.07) is 8.18. The minimum Gasteiger partial charge on any atom is -0.379 e. The molecule has 0 fully saturated rings. The number of aromatic nitrogens is 2. The van der Waals surface area contributed by atoms with E-state index in [9.17, 15) is 0 Å². The molecular weight excluding hydrogens is 329 g/mol. The van der Waals surface area contributed by atoms with Crippen molar-refractivity contribution in [2.45, 2.75) is 32.9 Å². The van der Waals surface area contributed by atoms with Gasteiger partial charge in [0, 0.05) is 40.6 Å². The Balaban J connectivity index is 2.00. The maximum atomic E-state index is 6.43. The van der Waals surface area contributed by atoms with Crippen LogP contribution in [0.3, 0.4) is 0 Å². The molecule has 3 heterocycles. The van der Waals surface area contributed by atoms with Crippen molar-refractivity contribution in [1.82, 2.24) is 9.55 Å². The summed E-state index contributed by atoms with van der Waals surface area (Å²) in [4.78, 5) is 4.78. The smallest absolute Gasteiger partial charge is 0.0984 e. The van der Waals surface area contributed by atoms with E-state index in [1.165, 1.54) is 0 Å². The van der Waals surface area contributed by atoms with E-state index >= 15 is 0 Å². The van der Waals surface area contributed by atoms with Gasteiger partial charge in [-0.1, -0.05) is 36.2 Å². The minimum absolute atomic E-state index is 0.438. The highest BCUT2D eigenvalue weighted by atomic mass is 35.5. The summed E-state index contributed by atoms with van der Waals surface area (Å²) in [5.41, 5.74) is 6.33. The van der Waals surface area contributed by atoms with Gasteiger partial charge in [0.2, 0.25) is 0 Å². The predicted molar refractivity (Wildman–Crippen MR) is 97.6 cm³/mol. The van der Waals surface area contributed by atoms with Crippen molar-refractivity contribution in [2.24, 2.45) is 0 Å². The summed E-state index contributed by atoms with van der Waals surface area (Å²) in [6.07, 6.45) is 3.25. The molecule has 0 radical (unpaired) electrons. The van der Waals surface area contributed by atoms with Crippen LogP contribution in [0.1, 0.15) is 19.0 Å². The fraction of sp³-hybridized carbons (Fsp3) is 0.278. The SMILES string of the molecule is CCC1Cn2cc(-c3ccc(Cl)cc3Cl)c3nc(C)cc(c32)N1. The summed E-state index contributed by atoms with van der Waals surface area (Å²) in [6.45, 7) is 5.17. The lowest BCUT2D eigenvalue weighted by Crippen LogP contribution is -2.28. The van der Waals surface area contributed by atoms with E-state index in [1.54, 1.807) is 6.07 Å². The van der Waals surface area contributed by atoms with Crippen molar-refractivity contribution in [3.63, 3.8) is 0 Å². The van der Waals surface area contributed by atoms with E-state index < -0.39 is 0 Å². The first-order chi connectivity index (χ1) is 11.1. The number of hydrogen-bond donors (Lipinski definition) is 1. The van der Waals surface area contributed by atoms with Crippen molar-refractivity contribution in [3.8, 4) is 11.1 Å². The quantitative estimate of drug-likeness (QED) is 0.662. The van der Waals surface area contributed by atoms with Gasteiger partial charge in [-0.05, 0) is 31.5 Å². The van der Waals surface area contributed by atoms with E-state index in [2.05, 4.69) is 29.1 Å². The van der Waals surface area contributed by atoms with Gasteiger partial charge in [-0.25, -0.2) is 0 Å². The lowest BCUT2D eigenvalue weighted by atomic mass is 10.1. The molecule has 1 aromatic carbocycles. The zero-order chi connectivity index (χ0) is 16.1. The summed E-state index contributed by atoms with van der Waals surface area (Å²) in [5.74, 6) is 0. The van der Waals surface area contributed by atoms with Crippen molar-refractivity contribution in [2.75, 3.05) is 5.32 Å². The zero-order valence-electron chi connectivity index (χ0n) is 13.0. The van der Waals surface area contributed by atoms with E-state index in [-0.39, 0.29) is 0 Å². The Labute approximate surface area is 145 Å². The maximum Gasteiger partial charge on any atom is 0.0984 e. The molecule has 0 saturated carbocycles. The normalized spacial score (nSPS) is 16.6. The number of nitrogens with one attached hydrogen (secondary N) is 1. The first kappa shape index (κ1) is 14.9. The molecule has 118 valence electrons. The van der Waals surface area contributed by atoms with Gasteiger partial charge in [0.25, 0.3) is 0 Å². The number of aryl methyl sites for hydroxylation is 1. The van der Waals surface area contributed by atoms with Crippen LogP contribution in [0.15, 0.2) is 30.5 Å². The lowest BCUT2D eigenvalue weighted by Gasteiger charge is -2.26. The number of halogens is 2. The van der Waals surface area contributed by atoms with E-state index in [0.29, 0.717) is 16.1 Å². The monoisotopic (exact) mass is 345 g/mol.